The summed E-state index contributed by atoms with van der Waals surface area (Å²) in [6.07, 6.45) is 11.9. The van der Waals surface area contributed by atoms with Crippen LogP contribution in [-0.2, 0) is 4.79 Å². The quantitative estimate of drug-likeness (QED) is 0.372. The van der Waals surface area contributed by atoms with Crippen molar-refractivity contribution in [3.63, 3.8) is 0 Å². The van der Waals surface area contributed by atoms with E-state index in [1.54, 1.807) is 5.57 Å². The molecule has 6 atom stereocenters. The van der Waals surface area contributed by atoms with Gasteiger partial charge in [-0.25, -0.2) is 0 Å². The Kier molecular flexibility index (Phi) is 1.55. The van der Waals surface area contributed by atoms with Crippen molar-refractivity contribution in [1.82, 2.24) is 0 Å². The number of rotatable bonds is 1. The fourth-order valence-electron chi connectivity index (χ4n) is 5.48. The fourth-order valence-corrected chi connectivity index (χ4v) is 5.48. The van der Waals surface area contributed by atoms with Gasteiger partial charge >= 0.3 is 0 Å². The van der Waals surface area contributed by atoms with E-state index in [9.17, 15) is 4.79 Å². The zero-order valence-electron chi connectivity index (χ0n) is 9.73. The monoisotopic (exact) mass is 214 g/mol. The van der Waals surface area contributed by atoms with E-state index >= 15 is 0 Å². The van der Waals surface area contributed by atoms with Crippen molar-refractivity contribution >= 4 is 6.29 Å². The van der Waals surface area contributed by atoms with Gasteiger partial charge in [0.1, 0.15) is 6.29 Å². The van der Waals surface area contributed by atoms with Crippen molar-refractivity contribution in [3.05, 3.63) is 23.8 Å². The molecule has 0 aromatic heterocycles. The highest BCUT2D eigenvalue weighted by Gasteiger charge is 2.65. The van der Waals surface area contributed by atoms with Gasteiger partial charge < -0.3 is 4.79 Å². The lowest BCUT2D eigenvalue weighted by atomic mass is 9.66. The Morgan fingerprint density at radius 1 is 1.50 bits per heavy atom. The van der Waals surface area contributed by atoms with E-state index in [-0.39, 0.29) is 5.41 Å². The van der Waals surface area contributed by atoms with Gasteiger partial charge in [0.15, 0.2) is 0 Å². The maximum absolute atomic E-state index is 11.5. The smallest absolute Gasteiger partial charge is 0.130 e. The van der Waals surface area contributed by atoms with Gasteiger partial charge in [-0.3, -0.25) is 0 Å². The Morgan fingerprint density at radius 2 is 2.38 bits per heavy atom. The molecule has 3 fully saturated rings. The van der Waals surface area contributed by atoms with Crippen LogP contribution in [-0.4, -0.2) is 6.29 Å². The van der Waals surface area contributed by atoms with Crippen LogP contribution in [0.4, 0.5) is 0 Å². The highest BCUT2D eigenvalue weighted by atomic mass is 16.1. The molecular formula is C15H18O. The highest BCUT2D eigenvalue weighted by molar-refractivity contribution is 5.67. The molecule has 1 heteroatoms. The second-order valence-electron chi connectivity index (χ2n) is 6.23. The van der Waals surface area contributed by atoms with Crippen molar-refractivity contribution in [1.29, 1.82) is 0 Å². The highest BCUT2D eigenvalue weighted by Crippen LogP contribution is 2.70. The number of aldehydes is 1. The molecule has 0 amide bonds. The molecule has 0 heterocycles. The minimum Gasteiger partial charge on any atom is -0.302 e. The molecule has 6 unspecified atom stereocenters. The molecule has 4 bridgehead atoms. The van der Waals surface area contributed by atoms with E-state index in [0.717, 1.165) is 24.2 Å². The zero-order valence-corrected chi connectivity index (χ0v) is 9.73. The SMILES string of the molecule is CC=C1CC2CC1C1C3C=CC(C=O)(C3)C21. The Labute approximate surface area is 96.6 Å². The van der Waals surface area contributed by atoms with Gasteiger partial charge in [-0.05, 0) is 55.8 Å². The summed E-state index contributed by atoms with van der Waals surface area (Å²) in [6.45, 7) is 2.18. The third-order valence-electron chi connectivity index (χ3n) is 5.87. The van der Waals surface area contributed by atoms with Gasteiger partial charge in [0, 0.05) is 5.41 Å². The average molecular weight is 214 g/mol. The van der Waals surface area contributed by atoms with Crippen LogP contribution < -0.4 is 0 Å². The first-order chi connectivity index (χ1) is 7.79. The molecule has 0 aromatic rings. The summed E-state index contributed by atoms with van der Waals surface area (Å²) in [5.74, 6) is 3.83. The van der Waals surface area contributed by atoms with Crippen LogP contribution in [0, 0.1) is 35.0 Å². The van der Waals surface area contributed by atoms with Gasteiger partial charge in [-0.15, -0.1) is 0 Å². The van der Waals surface area contributed by atoms with Crippen LogP contribution >= 0.6 is 0 Å². The van der Waals surface area contributed by atoms with Crippen molar-refractivity contribution in [2.24, 2.45) is 35.0 Å². The third kappa shape index (κ3) is 0.804. The van der Waals surface area contributed by atoms with E-state index in [1.807, 2.05) is 0 Å². The van der Waals surface area contributed by atoms with Gasteiger partial charge in [-0.2, -0.15) is 0 Å². The summed E-state index contributed by atoms with van der Waals surface area (Å²) in [6, 6.07) is 0. The molecule has 84 valence electrons. The van der Waals surface area contributed by atoms with Crippen molar-refractivity contribution in [2.45, 2.75) is 26.2 Å². The third-order valence-corrected chi connectivity index (χ3v) is 5.87. The minimum atomic E-state index is -0.0476. The predicted octanol–water partition coefficient (Wildman–Crippen LogP) is 2.98. The van der Waals surface area contributed by atoms with Crippen LogP contribution in [0.1, 0.15) is 26.2 Å². The molecule has 3 saturated carbocycles. The Morgan fingerprint density at radius 3 is 3.12 bits per heavy atom. The lowest BCUT2D eigenvalue weighted by molar-refractivity contribution is -0.116. The summed E-state index contributed by atoms with van der Waals surface area (Å²) in [5.41, 5.74) is 1.64. The summed E-state index contributed by atoms with van der Waals surface area (Å²) in [5, 5.41) is 0. The number of fused-ring (bicyclic) bond motifs is 9. The summed E-state index contributed by atoms with van der Waals surface area (Å²) >= 11 is 0. The number of carbonyl (C=O) groups excluding carboxylic acids is 1. The second kappa shape index (κ2) is 2.69. The van der Waals surface area contributed by atoms with Crippen LogP contribution in [0.25, 0.3) is 0 Å². The van der Waals surface area contributed by atoms with E-state index in [2.05, 4.69) is 25.2 Å². The number of allylic oxidation sites excluding steroid dienone is 4. The molecule has 4 rings (SSSR count). The van der Waals surface area contributed by atoms with Crippen molar-refractivity contribution in [3.8, 4) is 0 Å². The molecule has 0 saturated heterocycles. The summed E-state index contributed by atoms with van der Waals surface area (Å²) < 4.78 is 0. The van der Waals surface area contributed by atoms with E-state index in [1.165, 1.54) is 19.1 Å². The Hall–Kier alpha value is -0.850. The van der Waals surface area contributed by atoms with Gasteiger partial charge in [-0.1, -0.05) is 23.8 Å². The maximum atomic E-state index is 11.5. The van der Waals surface area contributed by atoms with Gasteiger partial charge in [0.05, 0.1) is 0 Å². The fraction of sp³-hybridized carbons (Fsp3) is 0.667. The molecule has 0 radical (unpaired) electrons. The average Bonchev–Trinajstić information content (AvgIpc) is 3.05. The molecule has 1 nitrogen and oxygen atoms in total. The molecule has 0 aromatic carbocycles. The molecular weight excluding hydrogens is 196 g/mol. The molecule has 4 aliphatic rings. The lowest BCUT2D eigenvalue weighted by Crippen LogP contribution is -2.34. The first-order valence-corrected chi connectivity index (χ1v) is 6.60. The molecule has 0 N–H and O–H groups in total. The second-order valence-corrected chi connectivity index (χ2v) is 6.23. The molecule has 0 spiro atoms. The Balaban J connectivity index is 1.81. The number of carbonyl (C=O) groups is 1. The lowest BCUT2D eigenvalue weighted by Gasteiger charge is -2.37. The van der Waals surface area contributed by atoms with Crippen LogP contribution in [0.5, 0.6) is 0 Å². The van der Waals surface area contributed by atoms with Gasteiger partial charge in [0.2, 0.25) is 0 Å². The number of hydrogen-bond acceptors (Lipinski definition) is 1. The van der Waals surface area contributed by atoms with Crippen molar-refractivity contribution < 1.29 is 4.79 Å². The molecule has 16 heavy (non-hydrogen) atoms. The summed E-state index contributed by atoms with van der Waals surface area (Å²) in [4.78, 5) is 11.5. The van der Waals surface area contributed by atoms with Crippen LogP contribution in [0.15, 0.2) is 23.8 Å². The standard InChI is InChI=1S/C15H18O/c1-2-9-5-11-6-12(9)13-10-3-4-15(7-10,8-16)14(11)13/h2-4,8,10-14H,5-7H2,1H3. The topological polar surface area (TPSA) is 17.1 Å². The largest absolute Gasteiger partial charge is 0.302 e. The van der Waals surface area contributed by atoms with Gasteiger partial charge in [0.25, 0.3) is 0 Å². The Bertz CT molecular complexity index is 419. The number of hydrogen-bond donors (Lipinski definition) is 0. The molecule has 0 aliphatic heterocycles. The zero-order chi connectivity index (χ0) is 10.9. The van der Waals surface area contributed by atoms with Crippen LogP contribution in [0.2, 0.25) is 0 Å². The maximum Gasteiger partial charge on any atom is 0.130 e. The van der Waals surface area contributed by atoms with E-state index in [4.69, 9.17) is 0 Å². The first kappa shape index (κ1) is 9.21. The van der Waals surface area contributed by atoms with E-state index < -0.39 is 0 Å². The predicted molar refractivity (Wildman–Crippen MR) is 62.7 cm³/mol. The van der Waals surface area contributed by atoms with E-state index in [0.29, 0.717) is 11.8 Å². The van der Waals surface area contributed by atoms with Crippen molar-refractivity contribution in [2.75, 3.05) is 0 Å². The minimum absolute atomic E-state index is 0.0476. The first-order valence-electron chi connectivity index (χ1n) is 6.60. The normalized spacial score (nSPS) is 58.6. The molecule has 4 aliphatic carbocycles. The summed E-state index contributed by atoms with van der Waals surface area (Å²) in [7, 11) is 0. The van der Waals surface area contributed by atoms with Crippen LogP contribution in [0.3, 0.4) is 0 Å².